The van der Waals surface area contributed by atoms with Crippen molar-refractivity contribution in [1.29, 1.82) is 0 Å². The van der Waals surface area contributed by atoms with Crippen LogP contribution in [0.5, 0.6) is 0 Å². The second-order valence-corrected chi connectivity index (χ2v) is 4.73. The first-order chi connectivity index (χ1) is 9.02. The Hall–Kier alpha value is -2.10. The maximum atomic E-state index is 12.3. The molecule has 1 heterocycles. The molecule has 0 saturated heterocycles. The van der Waals surface area contributed by atoms with E-state index in [9.17, 15) is 4.79 Å². The lowest BCUT2D eigenvalue weighted by molar-refractivity contribution is 0.102. The van der Waals surface area contributed by atoms with Gasteiger partial charge in [-0.2, -0.15) is 5.10 Å². The maximum Gasteiger partial charge on any atom is 0.259 e. The van der Waals surface area contributed by atoms with E-state index in [0.29, 0.717) is 5.56 Å². The summed E-state index contributed by atoms with van der Waals surface area (Å²) in [4.78, 5) is 12.3. The van der Waals surface area contributed by atoms with E-state index in [1.54, 1.807) is 6.20 Å². The number of benzene rings is 1. The topological polar surface area (TPSA) is 46.9 Å². The van der Waals surface area contributed by atoms with Gasteiger partial charge in [0.1, 0.15) is 0 Å². The first-order valence-corrected chi connectivity index (χ1v) is 6.44. The summed E-state index contributed by atoms with van der Waals surface area (Å²) in [5.74, 6) is -0.106. The fourth-order valence-corrected chi connectivity index (χ4v) is 2.05. The predicted molar refractivity (Wildman–Crippen MR) is 76.5 cm³/mol. The third-order valence-electron chi connectivity index (χ3n) is 3.29. The molecule has 0 aliphatic carbocycles. The molecule has 0 spiro atoms. The smallest absolute Gasteiger partial charge is 0.259 e. The summed E-state index contributed by atoms with van der Waals surface area (Å²) < 4.78 is 1.82. The summed E-state index contributed by atoms with van der Waals surface area (Å²) >= 11 is 0. The van der Waals surface area contributed by atoms with Crippen LogP contribution in [-0.4, -0.2) is 15.7 Å². The van der Waals surface area contributed by atoms with Crippen LogP contribution in [-0.2, 0) is 6.54 Å². The monoisotopic (exact) mass is 257 g/mol. The van der Waals surface area contributed by atoms with Gasteiger partial charge in [0, 0.05) is 17.9 Å². The maximum absolute atomic E-state index is 12.3. The molecule has 0 saturated carbocycles. The lowest BCUT2D eigenvalue weighted by atomic mass is 10.1. The SMILES string of the molecule is CCn1ncc(C(=O)Nc2cc(C)ccc2C)c1C. The highest BCUT2D eigenvalue weighted by molar-refractivity contribution is 6.05. The van der Waals surface area contributed by atoms with E-state index in [2.05, 4.69) is 10.4 Å². The highest BCUT2D eigenvalue weighted by Gasteiger charge is 2.14. The van der Waals surface area contributed by atoms with Crippen molar-refractivity contribution in [2.45, 2.75) is 34.2 Å². The standard InChI is InChI=1S/C15H19N3O/c1-5-18-12(4)13(9-16-18)15(19)17-14-8-10(2)6-7-11(14)3/h6-9H,5H2,1-4H3,(H,17,19). The molecule has 1 aromatic heterocycles. The second-order valence-electron chi connectivity index (χ2n) is 4.73. The molecule has 19 heavy (non-hydrogen) atoms. The van der Waals surface area contributed by atoms with Crippen LogP contribution < -0.4 is 5.32 Å². The number of anilines is 1. The van der Waals surface area contributed by atoms with Crippen LogP contribution in [0.3, 0.4) is 0 Å². The van der Waals surface area contributed by atoms with E-state index < -0.39 is 0 Å². The largest absolute Gasteiger partial charge is 0.322 e. The van der Waals surface area contributed by atoms with E-state index in [-0.39, 0.29) is 5.91 Å². The van der Waals surface area contributed by atoms with Gasteiger partial charge in [-0.25, -0.2) is 0 Å². The molecular weight excluding hydrogens is 238 g/mol. The number of amides is 1. The summed E-state index contributed by atoms with van der Waals surface area (Å²) in [5, 5.41) is 7.15. The van der Waals surface area contributed by atoms with Crippen molar-refractivity contribution in [3.05, 3.63) is 46.8 Å². The molecule has 2 rings (SSSR count). The Balaban J connectivity index is 2.25. The average molecular weight is 257 g/mol. The molecule has 4 nitrogen and oxygen atoms in total. The van der Waals surface area contributed by atoms with E-state index in [1.165, 1.54) is 0 Å². The van der Waals surface area contributed by atoms with E-state index in [0.717, 1.165) is 29.1 Å². The van der Waals surface area contributed by atoms with Crippen LogP contribution in [0.15, 0.2) is 24.4 Å². The minimum Gasteiger partial charge on any atom is -0.322 e. The van der Waals surface area contributed by atoms with Crippen LogP contribution in [0.25, 0.3) is 0 Å². The Morgan fingerprint density at radius 1 is 1.32 bits per heavy atom. The number of aryl methyl sites for hydroxylation is 3. The second kappa shape index (κ2) is 5.26. The van der Waals surface area contributed by atoms with Crippen molar-refractivity contribution in [1.82, 2.24) is 9.78 Å². The molecule has 1 amide bonds. The summed E-state index contributed by atoms with van der Waals surface area (Å²) in [7, 11) is 0. The molecule has 2 aromatic rings. The van der Waals surface area contributed by atoms with Crippen molar-refractivity contribution in [3.63, 3.8) is 0 Å². The normalized spacial score (nSPS) is 10.5. The highest BCUT2D eigenvalue weighted by atomic mass is 16.1. The average Bonchev–Trinajstić information content (AvgIpc) is 2.75. The molecular formula is C15H19N3O. The molecule has 0 unspecified atom stereocenters. The molecule has 4 heteroatoms. The van der Waals surface area contributed by atoms with Crippen LogP contribution in [0.4, 0.5) is 5.69 Å². The zero-order chi connectivity index (χ0) is 14.0. The summed E-state index contributed by atoms with van der Waals surface area (Å²) in [5.41, 5.74) is 4.56. The lowest BCUT2D eigenvalue weighted by Gasteiger charge is -2.09. The van der Waals surface area contributed by atoms with Crippen molar-refractivity contribution >= 4 is 11.6 Å². The first-order valence-electron chi connectivity index (χ1n) is 6.44. The van der Waals surface area contributed by atoms with Gasteiger partial charge in [0.05, 0.1) is 11.8 Å². The molecule has 0 aliphatic rings. The third kappa shape index (κ3) is 2.67. The molecule has 0 radical (unpaired) electrons. The van der Waals surface area contributed by atoms with Crippen molar-refractivity contribution in [2.75, 3.05) is 5.32 Å². The quantitative estimate of drug-likeness (QED) is 0.918. The van der Waals surface area contributed by atoms with Crippen LogP contribution in [0.2, 0.25) is 0 Å². The van der Waals surface area contributed by atoms with E-state index in [1.807, 2.05) is 50.6 Å². The first kappa shape index (κ1) is 13.3. The van der Waals surface area contributed by atoms with Crippen LogP contribution >= 0.6 is 0 Å². The van der Waals surface area contributed by atoms with Gasteiger partial charge in [0.25, 0.3) is 5.91 Å². The predicted octanol–water partition coefficient (Wildman–Crippen LogP) is 3.08. The van der Waals surface area contributed by atoms with E-state index in [4.69, 9.17) is 0 Å². The Morgan fingerprint density at radius 2 is 2.05 bits per heavy atom. The van der Waals surface area contributed by atoms with Gasteiger partial charge < -0.3 is 5.32 Å². The van der Waals surface area contributed by atoms with Gasteiger partial charge in [0.2, 0.25) is 0 Å². The van der Waals surface area contributed by atoms with Crippen LogP contribution in [0, 0.1) is 20.8 Å². The fraction of sp³-hybridized carbons (Fsp3) is 0.333. The zero-order valence-corrected chi connectivity index (χ0v) is 11.8. The van der Waals surface area contributed by atoms with Gasteiger partial charge in [-0.3, -0.25) is 9.48 Å². The molecule has 1 N–H and O–H groups in total. The van der Waals surface area contributed by atoms with Gasteiger partial charge in [-0.05, 0) is 44.9 Å². The summed E-state index contributed by atoms with van der Waals surface area (Å²) in [6, 6.07) is 6.02. The molecule has 0 aliphatic heterocycles. The van der Waals surface area contributed by atoms with Gasteiger partial charge in [-0.1, -0.05) is 12.1 Å². The molecule has 0 bridgehead atoms. The Kier molecular flexibility index (Phi) is 3.69. The van der Waals surface area contributed by atoms with Crippen molar-refractivity contribution in [2.24, 2.45) is 0 Å². The number of aromatic nitrogens is 2. The van der Waals surface area contributed by atoms with Gasteiger partial charge in [0.15, 0.2) is 0 Å². The number of hydrogen-bond donors (Lipinski definition) is 1. The van der Waals surface area contributed by atoms with Gasteiger partial charge in [-0.15, -0.1) is 0 Å². The molecule has 100 valence electrons. The third-order valence-corrected chi connectivity index (χ3v) is 3.29. The minimum atomic E-state index is -0.106. The lowest BCUT2D eigenvalue weighted by Crippen LogP contribution is -2.14. The zero-order valence-electron chi connectivity index (χ0n) is 11.8. The number of carbonyl (C=O) groups excluding carboxylic acids is 1. The number of nitrogens with one attached hydrogen (secondary N) is 1. The number of carbonyl (C=O) groups is 1. The Labute approximate surface area is 113 Å². The minimum absolute atomic E-state index is 0.106. The Morgan fingerprint density at radius 3 is 2.68 bits per heavy atom. The molecule has 0 atom stereocenters. The number of hydrogen-bond acceptors (Lipinski definition) is 2. The Bertz CT molecular complexity index is 614. The van der Waals surface area contributed by atoms with Crippen molar-refractivity contribution < 1.29 is 4.79 Å². The fourth-order valence-electron chi connectivity index (χ4n) is 2.05. The summed E-state index contributed by atoms with van der Waals surface area (Å²) in [6.07, 6.45) is 1.62. The molecule has 0 fully saturated rings. The highest BCUT2D eigenvalue weighted by Crippen LogP contribution is 2.18. The van der Waals surface area contributed by atoms with Crippen LogP contribution in [0.1, 0.15) is 34.1 Å². The van der Waals surface area contributed by atoms with E-state index >= 15 is 0 Å². The number of nitrogens with zero attached hydrogens (tertiary/aromatic N) is 2. The number of rotatable bonds is 3. The summed E-state index contributed by atoms with van der Waals surface area (Å²) in [6.45, 7) is 8.68. The molecule has 1 aromatic carbocycles. The van der Waals surface area contributed by atoms with Gasteiger partial charge >= 0.3 is 0 Å². The van der Waals surface area contributed by atoms with Crippen molar-refractivity contribution in [3.8, 4) is 0 Å².